The van der Waals surface area contributed by atoms with Gasteiger partial charge in [0.15, 0.2) is 0 Å². The quantitative estimate of drug-likeness (QED) is 0.215. The molecule has 0 aromatic heterocycles. The Morgan fingerprint density at radius 2 is 1.19 bits per heavy atom. The summed E-state index contributed by atoms with van der Waals surface area (Å²) in [4.78, 5) is 4.75. The van der Waals surface area contributed by atoms with Crippen LogP contribution in [-0.4, -0.2) is 33.3 Å². The molecule has 2 heterocycles. The average molecular weight is 621 g/mol. The Balaban J connectivity index is 0.000000168. The first-order valence-electron chi connectivity index (χ1n) is 14.6. The summed E-state index contributed by atoms with van der Waals surface area (Å²) < 4.78 is 18.9. The molecule has 2 aliphatic heterocycles. The Morgan fingerprint density at radius 1 is 0.667 bits per heavy atom. The van der Waals surface area contributed by atoms with E-state index < -0.39 is 0 Å². The summed E-state index contributed by atoms with van der Waals surface area (Å²) in [7, 11) is 1.70. The summed E-state index contributed by atoms with van der Waals surface area (Å²) in [6.45, 7) is 4.33. The molecule has 0 saturated carbocycles. The van der Waals surface area contributed by atoms with Crippen molar-refractivity contribution in [2.24, 2.45) is 0 Å². The fraction of sp³-hybridized carbons (Fsp3) is 0.314. The Morgan fingerprint density at radius 3 is 1.79 bits per heavy atom. The second-order valence-corrected chi connectivity index (χ2v) is 13.3. The minimum Gasteiger partial charge on any atom is -0.497 e. The fourth-order valence-corrected chi connectivity index (χ4v) is 7.71. The maximum Gasteiger partial charge on any atom is 0.124 e. The van der Waals surface area contributed by atoms with Gasteiger partial charge in [0, 0.05) is 24.6 Å². The molecule has 2 aliphatic rings. The lowest BCUT2D eigenvalue weighted by molar-refractivity contribution is 0.414. The Hall–Kier alpha value is -2.48. The van der Waals surface area contributed by atoms with E-state index in [0.717, 1.165) is 59.6 Å². The molecule has 42 heavy (non-hydrogen) atoms. The van der Waals surface area contributed by atoms with Crippen LogP contribution in [0.5, 0.6) is 5.75 Å². The van der Waals surface area contributed by atoms with Crippen molar-refractivity contribution in [2.75, 3.05) is 33.3 Å². The summed E-state index contributed by atoms with van der Waals surface area (Å²) >= 11 is 9.38. The van der Waals surface area contributed by atoms with E-state index in [-0.39, 0.29) is 5.82 Å². The van der Waals surface area contributed by atoms with Gasteiger partial charge in [-0.3, -0.25) is 0 Å². The molecule has 0 amide bonds. The first-order chi connectivity index (χ1) is 20.6. The van der Waals surface area contributed by atoms with Crippen LogP contribution in [0.4, 0.5) is 4.39 Å². The summed E-state index contributed by atoms with van der Waals surface area (Å²) in [5, 5.41) is 7.54. The van der Waals surface area contributed by atoms with Gasteiger partial charge in [0.2, 0.25) is 0 Å². The molecule has 0 bridgehead atoms. The van der Waals surface area contributed by atoms with Gasteiger partial charge in [-0.1, -0.05) is 59.4 Å². The van der Waals surface area contributed by atoms with Crippen LogP contribution in [0.15, 0.2) is 111 Å². The maximum absolute atomic E-state index is 13.6. The first-order valence-corrected chi connectivity index (χ1v) is 16.7. The lowest BCUT2D eigenvalue weighted by atomic mass is 9.90. The van der Waals surface area contributed by atoms with Gasteiger partial charge in [0.1, 0.15) is 11.6 Å². The van der Waals surface area contributed by atoms with Crippen molar-refractivity contribution in [3.63, 3.8) is 0 Å². The molecule has 0 atom stereocenters. The van der Waals surface area contributed by atoms with E-state index in [1.807, 2.05) is 54.2 Å². The van der Waals surface area contributed by atoms with Crippen molar-refractivity contribution in [1.29, 1.82) is 0 Å². The van der Waals surface area contributed by atoms with Gasteiger partial charge in [-0.05, 0) is 142 Å². The number of ether oxygens (including phenoxy) is 1. The van der Waals surface area contributed by atoms with Crippen LogP contribution in [0.25, 0.3) is 0 Å². The largest absolute Gasteiger partial charge is 0.497 e. The van der Waals surface area contributed by atoms with Crippen molar-refractivity contribution in [1.82, 2.24) is 10.6 Å². The molecule has 0 spiro atoms. The zero-order chi connectivity index (χ0) is 29.1. The highest BCUT2D eigenvalue weighted by Crippen LogP contribution is 2.39. The number of methoxy groups -OCH3 is 1. The standard InChI is InChI=1S/C18H21NOS.C17H17ClFNS/c1-20-15-6-8-16(9-7-15)21-18-5-3-2-4-17(18)14-10-12-19-13-11-14;18-13-1-4-15(5-2-13)21-17-11-14(19)3-6-16(17)12-7-9-20-10-8-12/h2-9,14,19H,10-13H2,1H3;1-6,11-12,20H,7-10H2. The number of hydrogen-bond acceptors (Lipinski definition) is 5. The SMILES string of the molecule is COc1ccc(Sc2ccccc2C2CCNCC2)cc1.Fc1ccc(C2CCNCC2)c(Sc2ccc(Cl)cc2)c1. The second kappa shape index (κ2) is 15.8. The van der Waals surface area contributed by atoms with Crippen LogP contribution in [0.2, 0.25) is 5.02 Å². The molecule has 2 saturated heterocycles. The Kier molecular flexibility index (Phi) is 11.7. The van der Waals surface area contributed by atoms with E-state index in [1.54, 1.807) is 31.0 Å². The molecule has 2 N–H and O–H groups in total. The molecule has 6 rings (SSSR count). The average Bonchev–Trinajstić information content (AvgIpc) is 3.04. The normalized spacial score (nSPS) is 16.0. The zero-order valence-electron chi connectivity index (χ0n) is 24.0. The molecule has 3 nitrogen and oxygen atoms in total. The minimum absolute atomic E-state index is 0.177. The van der Waals surface area contributed by atoms with E-state index in [9.17, 15) is 4.39 Å². The molecule has 2 fully saturated rings. The topological polar surface area (TPSA) is 33.3 Å². The van der Waals surface area contributed by atoms with Crippen LogP contribution in [0.1, 0.15) is 48.6 Å². The van der Waals surface area contributed by atoms with E-state index in [4.69, 9.17) is 16.3 Å². The zero-order valence-corrected chi connectivity index (χ0v) is 26.3. The lowest BCUT2D eigenvalue weighted by Gasteiger charge is -2.25. The summed E-state index contributed by atoms with van der Waals surface area (Å²) in [6, 6.07) is 30.0. The van der Waals surface area contributed by atoms with Gasteiger partial charge in [-0.15, -0.1) is 0 Å². The third-order valence-electron chi connectivity index (χ3n) is 7.78. The van der Waals surface area contributed by atoms with Crippen molar-refractivity contribution in [3.8, 4) is 5.75 Å². The van der Waals surface area contributed by atoms with E-state index in [1.165, 1.54) is 33.8 Å². The molecular formula is C35H38ClFN2OS2. The highest BCUT2D eigenvalue weighted by atomic mass is 35.5. The lowest BCUT2D eigenvalue weighted by Crippen LogP contribution is -2.26. The molecule has 4 aromatic carbocycles. The summed E-state index contributed by atoms with van der Waals surface area (Å²) in [6.07, 6.45) is 4.69. The van der Waals surface area contributed by atoms with Crippen molar-refractivity contribution in [2.45, 2.75) is 57.1 Å². The maximum atomic E-state index is 13.6. The fourth-order valence-electron chi connectivity index (χ4n) is 5.51. The molecule has 7 heteroatoms. The molecule has 220 valence electrons. The van der Waals surface area contributed by atoms with Crippen molar-refractivity contribution < 1.29 is 9.13 Å². The van der Waals surface area contributed by atoms with Gasteiger partial charge in [-0.2, -0.15) is 0 Å². The number of halogens is 2. The molecule has 4 aromatic rings. The predicted octanol–water partition coefficient (Wildman–Crippen LogP) is 9.41. The highest BCUT2D eigenvalue weighted by molar-refractivity contribution is 7.99. The summed E-state index contributed by atoms with van der Waals surface area (Å²) in [5.41, 5.74) is 2.76. The van der Waals surface area contributed by atoms with Crippen LogP contribution in [0, 0.1) is 5.82 Å². The highest BCUT2D eigenvalue weighted by Gasteiger charge is 2.20. The van der Waals surface area contributed by atoms with Crippen LogP contribution in [-0.2, 0) is 0 Å². The van der Waals surface area contributed by atoms with Crippen molar-refractivity contribution in [3.05, 3.63) is 113 Å². The van der Waals surface area contributed by atoms with Gasteiger partial charge >= 0.3 is 0 Å². The van der Waals surface area contributed by atoms with E-state index in [0.29, 0.717) is 11.8 Å². The van der Waals surface area contributed by atoms with E-state index in [2.05, 4.69) is 47.0 Å². The molecule has 0 unspecified atom stereocenters. The Labute approximate surface area is 263 Å². The number of nitrogens with one attached hydrogen (secondary N) is 2. The predicted molar refractivity (Wildman–Crippen MR) is 175 cm³/mol. The van der Waals surface area contributed by atoms with E-state index >= 15 is 0 Å². The van der Waals surface area contributed by atoms with Crippen LogP contribution in [0.3, 0.4) is 0 Å². The smallest absolute Gasteiger partial charge is 0.124 e. The van der Waals surface area contributed by atoms with Crippen molar-refractivity contribution >= 4 is 35.1 Å². The minimum atomic E-state index is -0.177. The number of rotatable bonds is 7. The first kappa shape index (κ1) is 31.0. The Bertz CT molecular complexity index is 1410. The third kappa shape index (κ3) is 8.77. The van der Waals surface area contributed by atoms with Crippen LogP contribution < -0.4 is 15.4 Å². The van der Waals surface area contributed by atoms with Gasteiger partial charge < -0.3 is 15.4 Å². The summed E-state index contributed by atoms with van der Waals surface area (Å²) in [5.74, 6) is 1.94. The molecule has 0 aliphatic carbocycles. The number of hydrogen-bond donors (Lipinski definition) is 2. The third-order valence-corrected chi connectivity index (χ3v) is 10.2. The van der Waals surface area contributed by atoms with Crippen LogP contribution >= 0.6 is 35.1 Å². The van der Waals surface area contributed by atoms with Gasteiger partial charge in [-0.25, -0.2) is 4.39 Å². The second-order valence-electron chi connectivity index (χ2n) is 10.6. The van der Waals surface area contributed by atoms with Gasteiger partial charge in [0.25, 0.3) is 0 Å². The number of benzene rings is 4. The number of piperidine rings is 2. The molecule has 0 radical (unpaired) electrons. The molecular weight excluding hydrogens is 583 g/mol. The van der Waals surface area contributed by atoms with Gasteiger partial charge in [0.05, 0.1) is 7.11 Å². The monoisotopic (exact) mass is 620 g/mol.